The Hall–Kier alpha value is -4.27. The third-order valence-corrected chi connectivity index (χ3v) is 4.88. The van der Waals surface area contributed by atoms with Crippen LogP contribution < -0.4 is 9.47 Å². The van der Waals surface area contributed by atoms with Gasteiger partial charge in [-0.1, -0.05) is 38.1 Å². The second-order valence-electron chi connectivity index (χ2n) is 7.96. The average Bonchev–Trinajstić information content (AvgIpc) is 3.34. The van der Waals surface area contributed by atoms with E-state index in [1.807, 2.05) is 44.2 Å². The van der Waals surface area contributed by atoms with Crippen LogP contribution in [-0.2, 0) is 4.79 Å². The number of carboxylic acids is 1. The topological polar surface area (TPSA) is 110 Å². The van der Waals surface area contributed by atoms with Gasteiger partial charge in [0.05, 0.1) is 5.41 Å². The maximum absolute atomic E-state index is 13.0. The molecule has 0 aliphatic heterocycles. The summed E-state index contributed by atoms with van der Waals surface area (Å²) in [6, 6.07) is 16.9. The molecule has 0 saturated heterocycles. The van der Waals surface area contributed by atoms with Gasteiger partial charge in [0.2, 0.25) is 5.88 Å². The van der Waals surface area contributed by atoms with Gasteiger partial charge in [0.15, 0.2) is 5.82 Å². The number of carbonyl (C=O) groups is 1. The highest BCUT2D eigenvalue weighted by Gasteiger charge is 2.28. The minimum Gasteiger partial charge on any atom is -0.481 e. The summed E-state index contributed by atoms with van der Waals surface area (Å²) in [6.45, 7) is 7.21. The van der Waals surface area contributed by atoms with Crippen molar-refractivity contribution in [2.45, 2.75) is 27.7 Å². The van der Waals surface area contributed by atoms with Crippen molar-refractivity contribution in [2.24, 2.45) is 5.41 Å². The smallest absolute Gasteiger partial charge is 0.341 e. The fourth-order valence-electron chi connectivity index (χ4n) is 2.80. The number of H-pyrrole nitrogens is 1. The molecule has 2 N–H and O–H groups in total. The van der Waals surface area contributed by atoms with Crippen molar-refractivity contribution in [3.8, 4) is 40.2 Å². The minimum absolute atomic E-state index is 0.0213. The molecule has 0 saturated carbocycles. The van der Waals surface area contributed by atoms with E-state index in [2.05, 4.69) is 20.2 Å². The Kier molecular flexibility index (Phi) is 8.14. The first-order valence-corrected chi connectivity index (χ1v) is 11.1. The summed E-state index contributed by atoms with van der Waals surface area (Å²) in [5.41, 5.74) is 1.63. The van der Waals surface area contributed by atoms with E-state index in [0.717, 1.165) is 16.7 Å². The number of rotatable bonds is 8. The van der Waals surface area contributed by atoms with Crippen molar-refractivity contribution >= 4 is 5.97 Å². The lowest BCUT2D eigenvalue weighted by Crippen LogP contribution is -2.30. The normalized spacial score (nSPS) is 10.8. The number of pyridine rings is 1. The van der Waals surface area contributed by atoms with Crippen LogP contribution in [0.4, 0.5) is 4.39 Å². The molecule has 0 aliphatic carbocycles. The predicted octanol–water partition coefficient (Wildman–Crippen LogP) is 5.98. The number of aromatic nitrogens is 4. The molecule has 0 atom stereocenters. The van der Waals surface area contributed by atoms with Gasteiger partial charge in [-0.15, -0.1) is 5.10 Å². The first-order valence-electron chi connectivity index (χ1n) is 11.1. The van der Waals surface area contributed by atoms with Crippen molar-refractivity contribution < 1.29 is 23.8 Å². The van der Waals surface area contributed by atoms with Crippen molar-refractivity contribution in [3.05, 3.63) is 72.7 Å². The van der Waals surface area contributed by atoms with Crippen LogP contribution in [0.15, 0.2) is 66.9 Å². The first-order chi connectivity index (χ1) is 16.8. The number of benzene rings is 2. The lowest BCUT2D eigenvalue weighted by Gasteiger charge is -2.18. The molecule has 0 spiro atoms. The molecule has 2 aromatic carbocycles. The van der Waals surface area contributed by atoms with Crippen LogP contribution in [0, 0.1) is 11.2 Å². The molecule has 2 aromatic heterocycles. The zero-order valence-electron chi connectivity index (χ0n) is 19.9. The highest BCUT2D eigenvalue weighted by molar-refractivity contribution is 5.73. The van der Waals surface area contributed by atoms with Crippen LogP contribution in [0.25, 0.3) is 22.5 Å². The molecule has 0 bridgehead atoms. The highest BCUT2D eigenvalue weighted by atomic mass is 19.1. The Balaban J connectivity index is 0.00000167. The van der Waals surface area contributed by atoms with E-state index in [1.54, 1.807) is 26.1 Å². The van der Waals surface area contributed by atoms with Gasteiger partial charge in [0, 0.05) is 23.4 Å². The summed E-state index contributed by atoms with van der Waals surface area (Å²) in [4.78, 5) is 19.8. The van der Waals surface area contributed by atoms with Crippen LogP contribution in [-0.4, -0.2) is 37.8 Å². The molecule has 4 aromatic rings. The molecule has 0 radical (unpaired) electrons. The summed E-state index contributed by atoms with van der Waals surface area (Å²) in [5, 5.41) is 16.0. The lowest BCUT2D eigenvalue weighted by molar-refractivity contribution is -0.148. The zero-order chi connectivity index (χ0) is 25.4. The van der Waals surface area contributed by atoms with Crippen molar-refractivity contribution in [1.82, 2.24) is 20.2 Å². The number of nitrogens with one attached hydrogen (secondary N) is 1. The molecule has 0 fully saturated rings. The summed E-state index contributed by atoms with van der Waals surface area (Å²) < 4.78 is 24.0. The molecule has 4 rings (SSSR count). The van der Waals surface area contributed by atoms with Gasteiger partial charge in [-0.2, -0.15) is 4.98 Å². The molecule has 0 amide bonds. The third-order valence-electron chi connectivity index (χ3n) is 4.88. The summed E-state index contributed by atoms with van der Waals surface area (Å²) in [7, 11) is 0. The van der Waals surface area contributed by atoms with Crippen LogP contribution >= 0.6 is 0 Å². The number of hydrogen-bond donors (Lipinski definition) is 2. The summed E-state index contributed by atoms with van der Waals surface area (Å²) >= 11 is 0. The Morgan fingerprint density at radius 2 is 1.60 bits per heavy atom. The SMILES string of the molecule is CC.CC(C)(COc1ccc(-c2ccc(-c3nc(Oc4ccc(F)cc4)n[nH]3)cc2)cn1)C(=O)O. The Morgan fingerprint density at radius 3 is 2.20 bits per heavy atom. The minimum atomic E-state index is -0.999. The van der Waals surface area contributed by atoms with Gasteiger partial charge in [0.25, 0.3) is 0 Å². The fraction of sp³-hybridized carbons (Fsp3) is 0.231. The Labute approximate surface area is 202 Å². The molecule has 0 unspecified atom stereocenters. The van der Waals surface area contributed by atoms with E-state index in [4.69, 9.17) is 14.6 Å². The zero-order valence-corrected chi connectivity index (χ0v) is 19.9. The molecule has 0 aliphatic rings. The van der Waals surface area contributed by atoms with Gasteiger partial charge in [-0.05, 0) is 49.7 Å². The van der Waals surface area contributed by atoms with Gasteiger partial charge in [-0.3, -0.25) is 9.89 Å². The maximum atomic E-state index is 13.0. The highest BCUT2D eigenvalue weighted by Crippen LogP contribution is 2.26. The van der Waals surface area contributed by atoms with Crippen LogP contribution in [0.1, 0.15) is 27.7 Å². The monoisotopic (exact) mass is 478 g/mol. The van der Waals surface area contributed by atoms with E-state index in [0.29, 0.717) is 17.5 Å². The Morgan fingerprint density at radius 1 is 0.971 bits per heavy atom. The molecule has 9 heteroatoms. The quantitative estimate of drug-likeness (QED) is 0.320. The van der Waals surface area contributed by atoms with Gasteiger partial charge < -0.3 is 14.6 Å². The van der Waals surface area contributed by atoms with E-state index in [1.165, 1.54) is 24.3 Å². The van der Waals surface area contributed by atoms with E-state index >= 15 is 0 Å². The number of halogens is 1. The number of aliphatic carboxylic acids is 1. The summed E-state index contributed by atoms with van der Waals surface area (Å²) in [5.74, 6) is 0.0445. The molecular formula is C26H27FN4O4. The van der Waals surface area contributed by atoms with Crippen molar-refractivity contribution in [3.63, 3.8) is 0 Å². The molecule has 2 heterocycles. The van der Waals surface area contributed by atoms with Crippen molar-refractivity contribution in [2.75, 3.05) is 6.61 Å². The predicted molar refractivity (Wildman–Crippen MR) is 130 cm³/mol. The fourth-order valence-corrected chi connectivity index (χ4v) is 2.80. The maximum Gasteiger partial charge on any atom is 0.341 e. The van der Waals surface area contributed by atoms with E-state index in [-0.39, 0.29) is 18.4 Å². The van der Waals surface area contributed by atoms with Gasteiger partial charge in [0.1, 0.15) is 18.2 Å². The lowest BCUT2D eigenvalue weighted by atomic mass is 9.95. The second kappa shape index (κ2) is 11.2. The molecule has 8 nitrogen and oxygen atoms in total. The number of carboxylic acid groups (broad SMARTS) is 1. The van der Waals surface area contributed by atoms with E-state index < -0.39 is 11.4 Å². The van der Waals surface area contributed by atoms with Crippen LogP contribution in [0.3, 0.4) is 0 Å². The number of hydrogen-bond acceptors (Lipinski definition) is 6. The molecule has 182 valence electrons. The summed E-state index contributed by atoms with van der Waals surface area (Å²) in [6.07, 6.45) is 1.67. The van der Waals surface area contributed by atoms with Gasteiger partial charge >= 0.3 is 12.0 Å². The van der Waals surface area contributed by atoms with Crippen LogP contribution in [0.5, 0.6) is 17.6 Å². The Bertz CT molecular complexity index is 1240. The number of nitrogens with zero attached hydrogens (tertiary/aromatic N) is 3. The van der Waals surface area contributed by atoms with Crippen molar-refractivity contribution in [1.29, 1.82) is 0 Å². The number of aromatic amines is 1. The number of ether oxygens (including phenoxy) is 2. The van der Waals surface area contributed by atoms with Crippen LogP contribution in [0.2, 0.25) is 0 Å². The van der Waals surface area contributed by atoms with E-state index in [9.17, 15) is 9.18 Å². The first kappa shape index (κ1) is 25.4. The third kappa shape index (κ3) is 6.63. The largest absolute Gasteiger partial charge is 0.481 e. The molecular weight excluding hydrogens is 451 g/mol. The van der Waals surface area contributed by atoms with Gasteiger partial charge in [-0.25, -0.2) is 9.37 Å². The average molecular weight is 479 g/mol. The standard InChI is InChI=1S/C24H21FN4O4.C2H6/c1-24(2,22(30)31)14-32-20-12-7-17(13-26-20)15-3-5-16(6-4-15)21-27-23(29-28-21)33-19-10-8-18(25)9-11-19;1-2/h3-13H,14H2,1-2H3,(H,30,31)(H,27,28,29);1-2H3. The molecule has 35 heavy (non-hydrogen) atoms. The second-order valence-corrected chi connectivity index (χ2v) is 7.96.